The molecule has 1 aromatic carbocycles. The Morgan fingerprint density at radius 1 is 1.30 bits per heavy atom. The maximum absolute atomic E-state index is 12.3. The minimum Gasteiger partial charge on any atom is -0.399 e. The molecule has 4 N–H and O–H groups in total. The first-order chi connectivity index (χ1) is 9.40. The summed E-state index contributed by atoms with van der Waals surface area (Å²) < 4.78 is 27.2. The molecular formula is C13H18N4O2S. The molecule has 6 nitrogen and oxygen atoms in total. The van der Waals surface area contributed by atoms with E-state index in [1.807, 2.05) is 0 Å². The van der Waals surface area contributed by atoms with Crippen LogP contribution in [-0.4, -0.2) is 24.9 Å². The third kappa shape index (κ3) is 3.17. The number of aromatic nitrogens is 2. The average Bonchev–Trinajstić information content (AvgIpc) is 2.79. The van der Waals surface area contributed by atoms with E-state index in [-0.39, 0.29) is 0 Å². The minimum absolute atomic E-state index is 0.291. The summed E-state index contributed by atoms with van der Waals surface area (Å²) in [6, 6.07) is 3.32. The van der Waals surface area contributed by atoms with Crippen LogP contribution in [0.25, 0.3) is 0 Å². The second-order valence-corrected chi connectivity index (χ2v) is 6.37. The van der Waals surface area contributed by atoms with Crippen molar-refractivity contribution in [3.05, 3.63) is 41.5 Å². The second kappa shape index (κ2) is 5.64. The summed E-state index contributed by atoms with van der Waals surface area (Å²) in [5, 5.41) is 0. The number of aromatic amines is 1. The van der Waals surface area contributed by atoms with E-state index in [0.29, 0.717) is 34.7 Å². The van der Waals surface area contributed by atoms with Gasteiger partial charge in [-0.15, -0.1) is 0 Å². The van der Waals surface area contributed by atoms with Crippen molar-refractivity contribution < 1.29 is 8.42 Å². The number of imidazole rings is 1. The number of benzene rings is 1. The van der Waals surface area contributed by atoms with E-state index < -0.39 is 10.0 Å². The fraction of sp³-hybridized carbons (Fsp3) is 0.308. The van der Waals surface area contributed by atoms with Crippen molar-refractivity contribution in [2.45, 2.75) is 25.2 Å². The Morgan fingerprint density at radius 3 is 2.50 bits per heavy atom. The molecule has 2 rings (SSSR count). The van der Waals surface area contributed by atoms with Gasteiger partial charge < -0.3 is 10.7 Å². The van der Waals surface area contributed by atoms with Crippen LogP contribution in [0.4, 0.5) is 5.69 Å². The minimum atomic E-state index is -3.54. The summed E-state index contributed by atoms with van der Waals surface area (Å²) in [6.07, 6.45) is 3.86. The molecule has 0 aliphatic heterocycles. The third-order valence-electron chi connectivity index (χ3n) is 2.96. The zero-order valence-electron chi connectivity index (χ0n) is 11.5. The van der Waals surface area contributed by atoms with Crippen LogP contribution in [0.2, 0.25) is 0 Å². The standard InChI is InChI=1S/C13H18N4O2S/c1-9-7-11(14)8-10(2)13(9)20(18,19)17-4-3-12-15-5-6-16-12/h5-8,17H,3-4,14H2,1-2H3,(H,15,16). The van der Waals surface area contributed by atoms with E-state index in [1.54, 1.807) is 38.4 Å². The van der Waals surface area contributed by atoms with Gasteiger partial charge in [0, 0.05) is 31.0 Å². The summed E-state index contributed by atoms with van der Waals surface area (Å²) in [6.45, 7) is 3.77. The maximum Gasteiger partial charge on any atom is 0.241 e. The monoisotopic (exact) mass is 294 g/mol. The predicted molar refractivity (Wildman–Crippen MR) is 77.8 cm³/mol. The molecule has 0 amide bonds. The van der Waals surface area contributed by atoms with Gasteiger partial charge in [-0.05, 0) is 37.1 Å². The van der Waals surface area contributed by atoms with E-state index in [2.05, 4.69) is 14.7 Å². The van der Waals surface area contributed by atoms with Crippen LogP contribution in [-0.2, 0) is 16.4 Å². The molecule has 20 heavy (non-hydrogen) atoms. The fourth-order valence-electron chi connectivity index (χ4n) is 2.22. The fourth-order valence-corrected chi connectivity index (χ4v) is 3.70. The molecule has 2 aromatic rings. The van der Waals surface area contributed by atoms with Crippen LogP contribution in [0.5, 0.6) is 0 Å². The van der Waals surface area contributed by atoms with Gasteiger partial charge in [-0.2, -0.15) is 0 Å². The molecule has 0 unspecified atom stereocenters. The summed E-state index contributed by atoms with van der Waals surface area (Å²) >= 11 is 0. The van der Waals surface area contributed by atoms with Gasteiger partial charge in [0.05, 0.1) is 4.90 Å². The van der Waals surface area contributed by atoms with Crippen molar-refractivity contribution >= 4 is 15.7 Å². The molecule has 1 aromatic heterocycles. The van der Waals surface area contributed by atoms with Crippen molar-refractivity contribution in [2.24, 2.45) is 0 Å². The van der Waals surface area contributed by atoms with E-state index in [1.165, 1.54) is 0 Å². The molecule has 1 heterocycles. The Balaban J connectivity index is 2.14. The zero-order valence-corrected chi connectivity index (χ0v) is 12.3. The number of aryl methyl sites for hydroxylation is 2. The number of hydrogen-bond acceptors (Lipinski definition) is 4. The Hall–Kier alpha value is -1.86. The number of rotatable bonds is 5. The number of hydrogen-bond donors (Lipinski definition) is 3. The lowest BCUT2D eigenvalue weighted by molar-refractivity contribution is 0.579. The molecule has 0 saturated heterocycles. The summed E-state index contributed by atoms with van der Waals surface area (Å²) in [5.74, 6) is 0.749. The zero-order chi connectivity index (χ0) is 14.8. The van der Waals surface area contributed by atoms with E-state index >= 15 is 0 Å². The van der Waals surface area contributed by atoms with Crippen molar-refractivity contribution in [1.82, 2.24) is 14.7 Å². The summed E-state index contributed by atoms with van der Waals surface area (Å²) in [4.78, 5) is 7.28. The molecule has 0 spiro atoms. The average molecular weight is 294 g/mol. The highest BCUT2D eigenvalue weighted by atomic mass is 32.2. The molecule has 0 aliphatic rings. The third-order valence-corrected chi connectivity index (χ3v) is 4.73. The normalized spacial score (nSPS) is 11.7. The van der Waals surface area contributed by atoms with Crippen LogP contribution in [0.1, 0.15) is 17.0 Å². The molecule has 108 valence electrons. The molecule has 0 atom stereocenters. The largest absolute Gasteiger partial charge is 0.399 e. The van der Waals surface area contributed by atoms with Gasteiger partial charge in [0.25, 0.3) is 0 Å². The van der Waals surface area contributed by atoms with Gasteiger partial charge in [-0.1, -0.05) is 0 Å². The Kier molecular flexibility index (Phi) is 4.10. The van der Waals surface area contributed by atoms with Crippen LogP contribution in [0.15, 0.2) is 29.4 Å². The van der Waals surface area contributed by atoms with Gasteiger partial charge in [0.15, 0.2) is 0 Å². The molecule has 0 aliphatic carbocycles. The first kappa shape index (κ1) is 14.5. The van der Waals surface area contributed by atoms with E-state index in [4.69, 9.17) is 5.73 Å². The van der Waals surface area contributed by atoms with Crippen molar-refractivity contribution in [3.63, 3.8) is 0 Å². The van der Waals surface area contributed by atoms with Crippen molar-refractivity contribution in [3.8, 4) is 0 Å². The SMILES string of the molecule is Cc1cc(N)cc(C)c1S(=O)(=O)NCCc1ncc[nH]1. The molecule has 0 fully saturated rings. The molecule has 7 heteroatoms. The van der Waals surface area contributed by atoms with Crippen LogP contribution < -0.4 is 10.5 Å². The molecular weight excluding hydrogens is 276 g/mol. The highest BCUT2D eigenvalue weighted by molar-refractivity contribution is 7.89. The number of nitrogens with two attached hydrogens (primary N) is 1. The van der Waals surface area contributed by atoms with Gasteiger partial charge >= 0.3 is 0 Å². The number of nitrogen functional groups attached to an aromatic ring is 1. The van der Waals surface area contributed by atoms with Crippen LogP contribution in [0.3, 0.4) is 0 Å². The molecule has 0 bridgehead atoms. The first-order valence-electron chi connectivity index (χ1n) is 6.25. The number of nitrogens with one attached hydrogen (secondary N) is 2. The van der Waals surface area contributed by atoms with Crippen LogP contribution >= 0.6 is 0 Å². The summed E-state index contributed by atoms with van der Waals surface area (Å²) in [7, 11) is -3.54. The van der Waals surface area contributed by atoms with Gasteiger partial charge in [-0.3, -0.25) is 0 Å². The number of nitrogens with zero attached hydrogens (tertiary/aromatic N) is 1. The lowest BCUT2D eigenvalue weighted by atomic mass is 10.1. The van der Waals surface area contributed by atoms with Crippen molar-refractivity contribution in [2.75, 3.05) is 12.3 Å². The molecule has 0 saturated carbocycles. The van der Waals surface area contributed by atoms with E-state index in [0.717, 1.165) is 5.82 Å². The lowest BCUT2D eigenvalue weighted by Gasteiger charge is -2.12. The Bertz CT molecular complexity index is 670. The van der Waals surface area contributed by atoms with Gasteiger partial charge in [-0.25, -0.2) is 18.1 Å². The lowest BCUT2D eigenvalue weighted by Crippen LogP contribution is -2.27. The highest BCUT2D eigenvalue weighted by Crippen LogP contribution is 2.22. The van der Waals surface area contributed by atoms with Crippen molar-refractivity contribution in [1.29, 1.82) is 0 Å². The quantitative estimate of drug-likeness (QED) is 0.719. The van der Waals surface area contributed by atoms with E-state index in [9.17, 15) is 8.42 Å². The van der Waals surface area contributed by atoms with Crippen LogP contribution in [0, 0.1) is 13.8 Å². The topological polar surface area (TPSA) is 101 Å². The maximum atomic E-state index is 12.3. The Morgan fingerprint density at radius 2 is 1.95 bits per heavy atom. The summed E-state index contributed by atoms with van der Waals surface area (Å²) in [5.41, 5.74) is 7.57. The highest BCUT2D eigenvalue weighted by Gasteiger charge is 2.19. The predicted octanol–water partition coefficient (Wildman–Crippen LogP) is 1.13. The number of anilines is 1. The Labute approximate surface area is 118 Å². The number of H-pyrrole nitrogens is 1. The second-order valence-electron chi connectivity index (χ2n) is 4.67. The number of sulfonamides is 1. The van der Waals surface area contributed by atoms with Gasteiger partial charge in [0.1, 0.15) is 5.82 Å². The molecule has 0 radical (unpaired) electrons. The first-order valence-corrected chi connectivity index (χ1v) is 7.73. The van der Waals surface area contributed by atoms with Gasteiger partial charge in [0.2, 0.25) is 10.0 Å². The smallest absolute Gasteiger partial charge is 0.241 e.